The molecule has 0 unspecified atom stereocenters. The molecule has 0 spiro atoms. The monoisotopic (exact) mass is 520 g/mol. The summed E-state index contributed by atoms with van der Waals surface area (Å²) in [5, 5.41) is 16.2. The van der Waals surface area contributed by atoms with Gasteiger partial charge in [-0.1, -0.05) is 54.6 Å². The van der Waals surface area contributed by atoms with Crippen molar-refractivity contribution in [3.63, 3.8) is 0 Å². The maximum atomic E-state index is 11.6. The van der Waals surface area contributed by atoms with Crippen molar-refractivity contribution in [2.45, 2.75) is 36.6 Å². The summed E-state index contributed by atoms with van der Waals surface area (Å²) in [7, 11) is -3.80. The Morgan fingerprint density at radius 3 is 2.35 bits per heavy atom. The number of hydrogen-bond acceptors (Lipinski definition) is 7. The van der Waals surface area contributed by atoms with Crippen LogP contribution in [0.3, 0.4) is 0 Å². The summed E-state index contributed by atoms with van der Waals surface area (Å²) in [5.41, 5.74) is 3.08. The zero-order chi connectivity index (χ0) is 25.9. The normalized spacial score (nSPS) is 15.5. The van der Waals surface area contributed by atoms with Gasteiger partial charge < -0.3 is 19.0 Å². The summed E-state index contributed by atoms with van der Waals surface area (Å²) < 4.78 is 40.7. The van der Waals surface area contributed by atoms with E-state index < -0.39 is 15.6 Å². The van der Waals surface area contributed by atoms with Crippen molar-refractivity contribution in [2.24, 2.45) is 5.14 Å². The van der Waals surface area contributed by atoms with Crippen molar-refractivity contribution < 1.29 is 27.4 Å². The second kappa shape index (κ2) is 10.6. The molecule has 4 aromatic rings. The van der Waals surface area contributed by atoms with Crippen molar-refractivity contribution in [1.29, 1.82) is 0 Å². The number of hydrogen-bond donors (Lipinski definition) is 2. The molecule has 3 aromatic carbocycles. The highest BCUT2D eigenvalue weighted by molar-refractivity contribution is 7.89. The second-order valence-corrected chi connectivity index (χ2v) is 10.6. The molecule has 1 aliphatic rings. The van der Waals surface area contributed by atoms with E-state index in [-0.39, 0.29) is 11.5 Å². The zero-order valence-corrected chi connectivity index (χ0v) is 21.0. The third kappa shape index (κ3) is 5.82. The standard InChI is InChI=1S/C28H28N2O6S/c29-37(32,33)24-11-9-22(10-12-24)27-26(21-6-2-1-3-7-21)30-25(36-27)19-35-18-20-5-4-8-23(17-20)28(31)13-15-34-16-14-28/h1-12,17,31H,13-16,18-19H2,(H2,29,32,33). The minimum atomic E-state index is -3.80. The van der Waals surface area contributed by atoms with Gasteiger partial charge in [-0.15, -0.1) is 0 Å². The number of nitrogens with zero attached hydrogens (tertiary/aromatic N) is 1. The highest BCUT2D eigenvalue weighted by Crippen LogP contribution is 2.34. The third-order valence-electron chi connectivity index (χ3n) is 6.44. The number of sulfonamides is 1. The molecule has 5 rings (SSSR count). The summed E-state index contributed by atoms with van der Waals surface area (Å²) in [6, 6.07) is 23.5. The Labute approximate surface area is 215 Å². The minimum absolute atomic E-state index is 0.0215. The molecular formula is C28H28N2O6S. The van der Waals surface area contributed by atoms with E-state index in [0.717, 1.165) is 16.7 Å². The Bertz CT molecular complexity index is 1460. The van der Waals surface area contributed by atoms with Crippen LogP contribution in [0.15, 0.2) is 88.2 Å². The van der Waals surface area contributed by atoms with E-state index in [1.165, 1.54) is 12.1 Å². The topological polar surface area (TPSA) is 125 Å². The van der Waals surface area contributed by atoms with Gasteiger partial charge in [0.2, 0.25) is 15.9 Å². The molecule has 1 saturated heterocycles. The van der Waals surface area contributed by atoms with E-state index in [1.54, 1.807) is 12.1 Å². The van der Waals surface area contributed by atoms with Crippen LogP contribution in [0.1, 0.15) is 29.9 Å². The minimum Gasteiger partial charge on any atom is -0.437 e. The molecule has 2 heterocycles. The number of nitrogens with two attached hydrogens (primary N) is 1. The number of aliphatic hydroxyl groups is 1. The maximum absolute atomic E-state index is 11.6. The van der Waals surface area contributed by atoms with E-state index in [4.69, 9.17) is 19.0 Å². The number of primary sulfonamides is 1. The molecule has 1 aliphatic heterocycles. The van der Waals surface area contributed by atoms with Gasteiger partial charge in [0.05, 0.1) is 17.1 Å². The largest absolute Gasteiger partial charge is 0.437 e. The van der Waals surface area contributed by atoms with Crippen molar-refractivity contribution in [3.8, 4) is 22.6 Å². The van der Waals surface area contributed by atoms with Crippen molar-refractivity contribution in [1.82, 2.24) is 4.98 Å². The SMILES string of the molecule is NS(=O)(=O)c1ccc(-c2oc(COCc3cccc(C4(O)CCOCC4)c3)nc2-c2ccccc2)cc1. The van der Waals surface area contributed by atoms with Crippen LogP contribution in [0.2, 0.25) is 0 Å². The van der Waals surface area contributed by atoms with E-state index >= 15 is 0 Å². The highest BCUT2D eigenvalue weighted by Gasteiger charge is 2.31. The van der Waals surface area contributed by atoms with E-state index in [1.807, 2.05) is 54.6 Å². The first-order chi connectivity index (χ1) is 17.8. The number of benzene rings is 3. The summed E-state index contributed by atoms with van der Waals surface area (Å²) in [5.74, 6) is 0.901. The van der Waals surface area contributed by atoms with Gasteiger partial charge >= 0.3 is 0 Å². The summed E-state index contributed by atoms with van der Waals surface area (Å²) in [6.45, 7) is 1.54. The lowest BCUT2D eigenvalue weighted by Crippen LogP contribution is -2.33. The van der Waals surface area contributed by atoms with Gasteiger partial charge in [-0.3, -0.25) is 0 Å². The fraction of sp³-hybridized carbons (Fsp3) is 0.250. The fourth-order valence-electron chi connectivity index (χ4n) is 4.41. The Kier molecular flexibility index (Phi) is 7.23. The van der Waals surface area contributed by atoms with Crippen LogP contribution in [0, 0.1) is 0 Å². The molecule has 0 aliphatic carbocycles. The lowest BCUT2D eigenvalue weighted by atomic mass is 9.86. The summed E-state index contributed by atoms with van der Waals surface area (Å²) in [6.07, 6.45) is 1.13. The molecule has 192 valence electrons. The molecule has 9 heteroatoms. The predicted molar refractivity (Wildman–Crippen MR) is 138 cm³/mol. The van der Waals surface area contributed by atoms with Crippen LogP contribution in [-0.2, 0) is 38.3 Å². The lowest BCUT2D eigenvalue weighted by Gasteiger charge is -2.32. The molecule has 3 N–H and O–H groups in total. The van der Waals surface area contributed by atoms with Gasteiger partial charge in [0.25, 0.3) is 0 Å². The average Bonchev–Trinajstić information content (AvgIpc) is 3.34. The van der Waals surface area contributed by atoms with Gasteiger partial charge in [0, 0.05) is 37.2 Å². The first-order valence-electron chi connectivity index (χ1n) is 12.0. The highest BCUT2D eigenvalue weighted by atomic mass is 32.2. The zero-order valence-electron chi connectivity index (χ0n) is 20.2. The first-order valence-corrected chi connectivity index (χ1v) is 13.5. The van der Waals surface area contributed by atoms with Crippen molar-refractivity contribution in [2.75, 3.05) is 13.2 Å². The Hall–Kier alpha value is -3.34. The van der Waals surface area contributed by atoms with Crippen LogP contribution in [0.5, 0.6) is 0 Å². The molecule has 37 heavy (non-hydrogen) atoms. The molecule has 1 aromatic heterocycles. The lowest BCUT2D eigenvalue weighted by molar-refractivity contribution is -0.0680. The molecule has 0 atom stereocenters. The van der Waals surface area contributed by atoms with Crippen LogP contribution < -0.4 is 5.14 Å². The Balaban J connectivity index is 1.35. The van der Waals surface area contributed by atoms with E-state index in [0.29, 0.717) is 55.6 Å². The smallest absolute Gasteiger partial charge is 0.238 e. The summed E-state index contributed by atoms with van der Waals surface area (Å²) >= 11 is 0. The quantitative estimate of drug-likeness (QED) is 0.353. The molecule has 8 nitrogen and oxygen atoms in total. The first kappa shape index (κ1) is 25.3. The summed E-state index contributed by atoms with van der Waals surface area (Å²) in [4.78, 5) is 4.69. The van der Waals surface area contributed by atoms with Crippen LogP contribution in [0.4, 0.5) is 0 Å². The average molecular weight is 521 g/mol. The van der Waals surface area contributed by atoms with Crippen molar-refractivity contribution in [3.05, 3.63) is 95.9 Å². The molecule has 0 bridgehead atoms. The maximum Gasteiger partial charge on any atom is 0.238 e. The molecule has 0 amide bonds. The van der Waals surface area contributed by atoms with E-state index in [2.05, 4.69) is 4.98 Å². The Morgan fingerprint density at radius 2 is 1.65 bits per heavy atom. The number of rotatable bonds is 8. The number of aromatic nitrogens is 1. The van der Waals surface area contributed by atoms with Crippen molar-refractivity contribution >= 4 is 10.0 Å². The molecule has 0 saturated carbocycles. The fourth-order valence-corrected chi connectivity index (χ4v) is 4.93. The number of ether oxygens (including phenoxy) is 2. The van der Waals surface area contributed by atoms with Gasteiger partial charge in [0.1, 0.15) is 12.3 Å². The van der Waals surface area contributed by atoms with Gasteiger partial charge in [-0.2, -0.15) is 0 Å². The Morgan fingerprint density at radius 1 is 0.919 bits per heavy atom. The van der Waals surface area contributed by atoms with Crippen LogP contribution in [-0.4, -0.2) is 31.7 Å². The third-order valence-corrected chi connectivity index (χ3v) is 7.37. The van der Waals surface area contributed by atoms with Gasteiger partial charge in [0.15, 0.2) is 5.76 Å². The van der Waals surface area contributed by atoms with Gasteiger partial charge in [-0.25, -0.2) is 18.5 Å². The molecule has 0 radical (unpaired) electrons. The molecule has 1 fully saturated rings. The second-order valence-electron chi connectivity index (χ2n) is 9.06. The number of oxazole rings is 1. The van der Waals surface area contributed by atoms with Gasteiger partial charge in [-0.05, 0) is 35.4 Å². The van der Waals surface area contributed by atoms with Crippen LogP contribution >= 0.6 is 0 Å². The van der Waals surface area contributed by atoms with E-state index in [9.17, 15) is 13.5 Å². The predicted octanol–water partition coefficient (Wildman–Crippen LogP) is 4.37. The molecular weight excluding hydrogens is 492 g/mol. The van der Waals surface area contributed by atoms with Crippen LogP contribution in [0.25, 0.3) is 22.6 Å².